The van der Waals surface area contributed by atoms with Gasteiger partial charge in [0.05, 0.1) is 5.56 Å². The standard InChI is InChI=1S/C11H12F3NO4/c12-11(13,14)7-2-1-3-9(4-7)18-5-8(16)6-19-10(15)17/h1-4,8,16H,5-6H2,(H2,15,17). The summed E-state index contributed by atoms with van der Waals surface area (Å²) < 4.78 is 46.5. The summed E-state index contributed by atoms with van der Waals surface area (Å²) in [5, 5.41) is 9.31. The average Bonchev–Trinajstić information content (AvgIpc) is 2.33. The lowest BCUT2D eigenvalue weighted by molar-refractivity contribution is -0.137. The highest BCUT2D eigenvalue weighted by atomic mass is 19.4. The van der Waals surface area contributed by atoms with Gasteiger partial charge in [0.15, 0.2) is 0 Å². The van der Waals surface area contributed by atoms with Crippen molar-refractivity contribution >= 4 is 6.09 Å². The van der Waals surface area contributed by atoms with Crippen molar-refractivity contribution in [2.45, 2.75) is 12.3 Å². The summed E-state index contributed by atoms with van der Waals surface area (Å²) in [6.07, 6.45) is -6.70. The van der Waals surface area contributed by atoms with Crippen molar-refractivity contribution in [2.75, 3.05) is 13.2 Å². The topological polar surface area (TPSA) is 81.8 Å². The van der Waals surface area contributed by atoms with Gasteiger partial charge in [-0.05, 0) is 18.2 Å². The third-order valence-electron chi connectivity index (χ3n) is 2.02. The van der Waals surface area contributed by atoms with Crippen molar-refractivity contribution in [3.8, 4) is 5.75 Å². The second-order valence-corrected chi connectivity index (χ2v) is 3.62. The molecule has 0 radical (unpaired) electrons. The molecule has 0 heterocycles. The molecule has 1 aromatic carbocycles. The number of aliphatic hydroxyl groups excluding tert-OH is 1. The number of alkyl halides is 3. The molecule has 0 aliphatic carbocycles. The number of carbonyl (C=O) groups is 1. The number of benzene rings is 1. The minimum absolute atomic E-state index is 0.0482. The summed E-state index contributed by atoms with van der Waals surface area (Å²) >= 11 is 0. The molecule has 1 amide bonds. The Morgan fingerprint density at radius 2 is 2.05 bits per heavy atom. The first kappa shape index (κ1) is 15.1. The van der Waals surface area contributed by atoms with Gasteiger partial charge in [0, 0.05) is 0 Å². The molecule has 8 heteroatoms. The van der Waals surface area contributed by atoms with Crippen LogP contribution in [-0.2, 0) is 10.9 Å². The summed E-state index contributed by atoms with van der Waals surface area (Å²) in [4.78, 5) is 10.3. The molecule has 0 aromatic heterocycles. The summed E-state index contributed by atoms with van der Waals surface area (Å²) in [6, 6.07) is 4.21. The Morgan fingerprint density at radius 3 is 2.63 bits per heavy atom. The smallest absolute Gasteiger partial charge is 0.416 e. The van der Waals surface area contributed by atoms with Crippen molar-refractivity contribution in [1.29, 1.82) is 0 Å². The van der Waals surface area contributed by atoms with E-state index in [1.54, 1.807) is 0 Å². The highest BCUT2D eigenvalue weighted by Crippen LogP contribution is 2.31. The second-order valence-electron chi connectivity index (χ2n) is 3.62. The van der Waals surface area contributed by atoms with Crippen LogP contribution in [0.2, 0.25) is 0 Å². The predicted molar refractivity (Wildman–Crippen MR) is 58.5 cm³/mol. The fourth-order valence-electron chi connectivity index (χ4n) is 1.18. The zero-order chi connectivity index (χ0) is 14.5. The van der Waals surface area contributed by atoms with Crippen LogP contribution in [-0.4, -0.2) is 30.5 Å². The van der Waals surface area contributed by atoms with Gasteiger partial charge in [-0.3, -0.25) is 0 Å². The van der Waals surface area contributed by atoms with Crippen LogP contribution in [0.15, 0.2) is 24.3 Å². The number of primary amides is 1. The van der Waals surface area contributed by atoms with E-state index in [1.165, 1.54) is 12.1 Å². The Hall–Kier alpha value is -1.96. The van der Waals surface area contributed by atoms with E-state index < -0.39 is 30.5 Å². The molecule has 0 bridgehead atoms. The van der Waals surface area contributed by atoms with Gasteiger partial charge in [-0.25, -0.2) is 4.79 Å². The molecular formula is C11H12F3NO4. The third kappa shape index (κ3) is 5.47. The summed E-state index contributed by atoms with van der Waals surface area (Å²) in [5.41, 5.74) is 3.82. The minimum atomic E-state index is -4.47. The number of halogens is 3. The largest absolute Gasteiger partial charge is 0.491 e. The number of ether oxygens (including phenoxy) is 2. The number of rotatable bonds is 5. The molecule has 19 heavy (non-hydrogen) atoms. The van der Waals surface area contributed by atoms with Gasteiger partial charge in [0.25, 0.3) is 0 Å². The Balaban J connectivity index is 2.51. The molecule has 0 saturated carbocycles. The lowest BCUT2D eigenvalue weighted by Gasteiger charge is -2.13. The predicted octanol–water partition coefficient (Wildman–Crippen LogP) is 1.54. The lowest BCUT2D eigenvalue weighted by atomic mass is 10.2. The van der Waals surface area contributed by atoms with Crippen molar-refractivity contribution in [2.24, 2.45) is 5.73 Å². The molecule has 0 fully saturated rings. The molecule has 1 aromatic rings. The molecular weight excluding hydrogens is 267 g/mol. The molecule has 1 atom stereocenters. The maximum Gasteiger partial charge on any atom is 0.416 e. The van der Waals surface area contributed by atoms with Crippen LogP contribution < -0.4 is 10.5 Å². The van der Waals surface area contributed by atoms with Gasteiger partial charge in [0.2, 0.25) is 0 Å². The van der Waals surface area contributed by atoms with Gasteiger partial charge >= 0.3 is 12.3 Å². The van der Waals surface area contributed by atoms with Crippen molar-refractivity contribution in [1.82, 2.24) is 0 Å². The van der Waals surface area contributed by atoms with E-state index in [0.29, 0.717) is 0 Å². The Labute approximate surface area is 106 Å². The summed E-state index contributed by atoms with van der Waals surface area (Å²) in [7, 11) is 0. The van der Waals surface area contributed by atoms with Crippen molar-refractivity contribution < 1.29 is 32.5 Å². The molecule has 106 valence electrons. The zero-order valence-corrected chi connectivity index (χ0v) is 9.68. The first-order valence-electron chi connectivity index (χ1n) is 5.19. The summed E-state index contributed by atoms with van der Waals surface area (Å²) in [5.74, 6) is -0.0482. The van der Waals surface area contributed by atoms with Gasteiger partial charge in [-0.1, -0.05) is 6.07 Å². The SMILES string of the molecule is NC(=O)OCC(O)COc1cccc(C(F)(F)F)c1. The quantitative estimate of drug-likeness (QED) is 0.856. The van der Waals surface area contributed by atoms with Crippen LogP contribution >= 0.6 is 0 Å². The monoisotopic (exact) mass is 279 g/mol. The number of hydrogen-bond acceptors (Lipinski definition) is 4. The van der Waals surface area contributed by atoms with Crippen molar-refractivity contribution in [3.05, 3.63) is 29.8 Å². The molecule has 3 N–H and O–H groups in total. The van der Waals surface area contributed by atoms with E-state index >= 15 is 0 Å². The third-order valence-corrected chi connectivity index (χ3v) is 2.02. The first-order valence-corrected chi connectivity index (χ1v) is 5.19. The van der Waals surface area contributed by atoms with Crippen LogP contribution in [0.1, 0.15) is 5.56 Å². The zero-order valence-electron chi connectivity index (χ0n) is 9.68. The van der Waals surface area contributed by atoms with Crippen LogP contribution in [0.5, 0.6) is 5.75 Å². The van der Waals surface area contributed by atoms with E-state index in [1.807, 2.05) is 0 Å². The normalized spacial score (nSPS) is 12.8. The van der Waals surface area contributed by atoms with E-state index in [2.05, 4.69) is 10.5 Å². The number of carbonyl (C=O) groups excluding carboxylic acids is 1. The van der Waals surface area contributed by atoms with Gasteiger partial charge in [-0.2, -0.15) is 13.2 Å². The molecule has 0 saturated heterocycles. The number of nitrogens with two attached hydrogens (primary N) is 1. The number of amides is 1. The molecule has 1 rings (SSSR count). The van der Waals surface area contributed by atoms with Gasteiger partial charge in [0.1, 0.15) is 25.1 Å². The molecule has 0 aliphatic heterocycles. The Kier molecular flexibility index (Phi) is 4.99. The number of aliphatic hydroxyl groups is 1. The highest BCUT2D eigenvalue weighted by Gasteiger charge is 2.30. The van der Waals surface area contributed by atoms with Gasteiger partial charge in [-0.15, -0.1) is 0 Å². The Bertz CT molecular complexity index is 436. The maximum absolute atomic E-state index is 12.4. The van der Waals surface area contributed by atoms with Gasteiger partial charge < -0.3 is 20.3 Å². The number of hydrogen-bond donors (Lipinski definition) is 2. The lowest BCUT2D eigenvalue weighted by Crippen LogP contribution is -2.27. The second kappa shape index (κ2) is 6.28. The molecule has 5 nitrogen and oxygen atoms in total. The average molecular weight is 279 g/mol. The fourth-order valence-corrected chi connectivity index (χ4v) is 1.18. The van der Waals surface area contributed by atoms with Crippen LogP contribution in [0.4, 0.5) is 18.0 Å². The van der Waals surface area contributed by atoms with Crippen molar-refractivity contribution in [3.63, 3.8) is 0 Å². The molecule has 1 unspecified atom stereocenters. The summed E-state index contributed by atoms with van der Waals surface area (Å²) in [6.45, 7) is -0.719. The molecule has 0 aliphatic rings. The van der Waals surface area contributed by atoms with E-state index in [4.69, 9.17) is 4.74 Å². The fraction of sp³-hybridized carbons (Fsp3) is 0.364. The van der Waals surface area contributed by atoms with Crippen LogP contribution in [0.25, 0.3) is 0 Å². The van der Waals surface area contributed by atoms with E-state index in [-0.39, 0.29) is 12.4 Å². The van der Waals surface area contributed by atoms with E-state index in [9.17, 15) is 23.1 Å². The van der Waals surface area contributed by atoms with Crippen LogP contribution in [0, 0.1) is 0 Å². The maximum atomic E-state index is 12.4. The van der Waals surface area contributed by atoms with E-state index in [0.717, 1.165) is 12.1 Å². The highest BCUT2D eigenvalue weighted by molar-refractivity contribution is 5.64. The van der Waals surface area contributed by atoms with Crippen LogP contribution in [0.3, 0.4) is 0 Å². The molecule has 0 spiro atoms. The minimum Gasteiger partial charge on any atom is -0.491 e. The first-order chi connectivity index (χ1) is 8.79. The Morgan fingerprint density at radius 1 is 1.37 bits per heavy atom.